The highest BCUT2D eigenvalue weighted by molar-refractivity contribution is 5.96. The predicted molar refractivity (Wildman–Crippen MR) is 111 cm³/mol. The number of nitrogens with zero attached hydrogens (tertiary/aromatic N) is 1. The molecule has 7 nitrogen and oxygen atoms in total. The zero-order chi connectivity index (χ0) is 21.4. The Morgan fingerprint density at radius 3 is 2.67 bits per heavy atom. The van der Waals surface area contributed by atoms with Gasteiger partial charge in [-0.15, -0.1) is 0 Å². The third-order valence-electron chi connectivity index (χ3n) is 6.17. The van der Waals surface area contributed by atoms with Crippen molar-refractivity contribution in [3.63, 3.8) is 0 Å². The Morgan fingerprint density at radius 2 is 2.00 bits per heavy atom. The second kappa shape index (κ2) is 8.40. The smallest absolute Gasteiger partial charge is 0.247 e. The topological polar surface area (TPSA) is 99.1 Å². The van der Waals surface area contributed by atoms with E-state index in [-0.39, 0.29) is 30.9 Å². The van der Waals surface area contributed by atoms with Crippen LogP contribution in [0.3, 0.4) is 0 Å². The molecule has 0 aromatic heterocycles. The van der Waals surface area contributed by atoms with Crippen molar-refractivity contribution >= 4 is 11.8 Å². The molecule has 162 valence electrons. The minimum Gasteiger partial charge on any atom is -0.486 e. The van der Waals surface area contributed by atoms with Gasteiger partial charge in [0.2, 0.25) is 11.8 Å². The quantitative estimate of drug-likeness (QED) is 0.623. The molecule has 7 heteroatoms. The lowest BCUT2D eigenvalue weighted by molar-refractivity contribution is -0.140. The average molecular weight is 415 g/mol. The van der Waals surface area contributed by atoms with Crippen LogP contribution in [0.25, 0.3) is 0 Å². The highest BCUT2D eigenvalue weighted by Crippen LogP contribution is 2.47. The van der Waals surface area contributed by atoms with Crippen LogP contribution in [0.1, 0.15) is 38.2 Å². The number of para-hydroxylation sites is 1. The molecule has 0 radical (unpaired) electrons. The molecule has 1 heterocycles. The van der Waals surface area contributed by atoms with Crippen LogP contribution in [0.15, 0.2) is 35.9 Å². The van der Waals surface area contributed by atoms with E-state index in [4.69, 9.17) is 9.84 Å². The fraction of sp³-hybridized carbons (Fsp3) is 0.565. The zero-order valence-electron chi connectivity index (χ0n) is 17.5. The largest absolute Gasteiger partial charge is 0.486 e. The number of ether oxygens (including phenoxy) is 1. The van der Waals surface area contributed by atoms with Gasteiger partial charge in [-0.1, -0.05) is 32.0 Å². The van der Waals surface area contributed by atoms with Crippen molar-refractivity contribution in [3.05, 3.63) is 41.5 Å². The van der Waals surface area contributed by atoms with E-state index in [1.807, 2.05) is 38.1 Å². The van der Waals surface area contributed by atoms with Crippen LogP contribution < -0.4 is 10.1 Å². The maximum absolute atomic E-state index is 13.0. The molecule has 2 amide bonds. The highest BCUT2D eigenvalue weighted by Gasteiger charge is 2.50. The van der Waals surface area contributed by atoms with Gasteiger partial charge in [-0.3, -0.25) is 9.59 Å². The van der Waals surface area contributed by atoms with Crippen LogP contribution >= 0.6 is 0 Å². The first kappa shape index (κ1) is 20.9. The number of amides is 2. The summed E-state index contributed by atoms with van der Waals surface area (Å²) in [7, 11) is 0. The zero-order valence-corrected chi connectivity index (χ0v) is 17.5. The fourth-order valence-corrected chi connectivity index (χ4v) is 4.46. The summed E-state index contributed by atoms with van der Waals surface area (Å²) in [6.45, 7) is 4.25. The Hall–Kier alpha value is -2.38. The van der Waals surface area contributed by atoms with Gasteiger partial charge in [0.25, 0.3) is 0 Å². The Labute approximate surface area is 176 Å². The molecule has 1 fully saturated rings. The number of carbonyl (C=O) groups excluding carboxylic acids is 2. The van der Waals surface area contributed by atoms with E-state index in [2.05, 4.69) is 5.32 Å². The molecule has 3 N–H and O–H groups in total. The molecule has 4 rings (SSSR count). The summed E-state index contributed by atoms with van der Waals surface area (Å²) in [5.41, 5.74) is 1.33. The summed E-state index contributed by atoms with van der Waals surface area (Å²) < 4.78 is 6.09. The number of nitrogens with one attached hydrogen (secondary N) is 1. The van der Waals surface area contributed by atoms with E-state index in [1.54, 1.807) is 11.0 Å². The third-order valence-corrected chi connectivity index (χ3v) is 6.17. The van der Waals surface area contributed by atoms with Gasteiger partial charge in [0.1, 0.15) is 18.0 Å². The molecule has 1 aromatic rings. The average Bonchev–Trinajstić information content (AvgIpc) is 3.48. The predicted octanol–water partition coefficient (Wildman–Crippen LogP) is 1.20. The van der Waals surface area contributed by atoms with Crippen molar-refractivity contribution in [2.45, 2.75) is 50.9 Å². The van der Waals surface area contributed by atoms with Crippen LogP contribution in [-0.4, -0.2) is 64.9 Å². The molecule has 30 heavy (non-hydrogen) atoms. The summed E-state index contributed by atoms with van der Waals surface area (Å²) in [5.74, 6) is 0.126. The number of aliphatic hydroxyl groups excluding tert-OH is 2. The first-order chi connectivity index (χ1) is 14.4. The molecule has 1 aromatic carbocycles. The van der Waals surface area contributed by atoms with Gasteiger partial charge in [0, 0.05) is 30.1 Å². The van der Waals surface area contributed by atoms with E-state index in [9.17, 15) is 14.7 Å². The van der Waals surface area contributed by atoms with E-state index >= 15 is 0 Å². The van der Waals surface area contributed by atoms with Crippen LogP contribution in [0.4, 0.5) is 0 Å². The SMILES string of the molecule is CC(C)C(=O)N(CC1CC1)[C@@H]1C=C(C(=O)NCCO)[C@@H]2c3ccccc3O[C@@H]2[C@H]1O. The number of hydrogen-bond acceptors (Lipinski definition) is 5. The van der Waals surface area contributed by atoms with Crippen LogP contribution in [0, 0.1) is 11.8 Å². The molecule has 0 bridgehead atoms. The molecule has 1 aliphatic heterocycles. The lowest BCUT2D eigenvalue weighted by atomic mass is 9.77. The summed E-state index contributed by atoms with van der Waals surface area (Å²) >= 11 is 0. The van der Waals surface area contributed by atoms with E-state index < -0.39 is 24.2 Å². The fourth-order valence-electron chi connectivity index (χ4n) is 4.46. The van der Waals surface area contributed by atoms with Crippen molar-refractivity contribution < 1.29 is 24.5 Å². The van der Waals surface area contributed by atoms with E-state index in [0.29, 0.717) is 23.8 Å². The second-order valence-electron chi connectivity index (χ2n) is 8.77. The molecule has 0 unspecified atom stereocenters. The van der Waals surface area contributed by atoms with Gasteiger partial charge in [-0.05, 0) is 30.9 Å². The lowest BCUT2D eigenvalue weighted by Gasteiger charge is -2.41. The van der Waals surface area contributed by atoms with Gasteiger partial charge in [0.05, 0.1) is 18.6 Å². The molecule has 0 saturated heterocycles. The molecule has 1 saturated carbocycles. The Balaban J connectivity index is 1.73. The first-order valence-electron chi connectivity index (χ1n) is 10.8. The number of hydrogen-bond donors (Lipinski definition) is 3. The van der Waals surface area contributed by atoms with Gasteiger partial charge in [-0.25, -0.2) is 0 Å². The number of carbonyl (C=O) groups is 2. The van der Waals surface area contributed by atoms with Gasteiger partial charge in [-0.2, -0.15) is 0 Å². The van der Waals surface area contributed by atoms with Crippen molar-refractivity contribution in [1.29, 1.82) is 0 Å². The van der Waals surface area contributed by atoms with Gasteiger partial charge < -0.3 is 25.2 Å². The number of benzene rings is 1. The van der Waals surface area contributed by atoms with Gasteiger partial charge >= 0.3 is 0 Å². The van der Waals surface area contributed by atoms with Crippen LogP contribution in [-0.2, 0) is 9.59 Å². The maximum atomic E-state index is 13.0. The summed E-state index contributed by atoms with van der Waals surface area (Å²) in [5, 5.41) is 23.1. The lowest BCUT2D eigenvalue weighted by Crippen LogP contribution is -2.56. The van der Waals surface area contributed by atoms with Crippen molar-refractivity contribution in [2.24, 2.45) is 11.8 Å². The van der Waals surface area contributed by atoms with Crippen LogP contribution in [0.5, 0.6) is 5.75 Å². The third kappa shape index (κ3) is 3.84. The number of aliphatic hydroxyl groups is 2. The minimum absolute atomic E-state index is 0.0359. The van der Waals surface area contributed by atoms with Crippen molar-refractivity contribution in [3.8, 4) is 5.75 Å². The molecule has 4 atom stereocenters. The minimum atomic E-state index is -0.946. The first-order valence-corrected chi connectivity index (χ1v) is 10.8. The number of rotatable bonds is 7. The Morgan fingerprint density at radius 1 is 1.27 bits per heavy atom. The second-order valence-corrected chi connectivity index (χ2v) is 8.77. The maximum Gasteiger partial charge on any atom is 0.247 e. The monoisotopic (exact) mass is 414 g/mol. The molecular weight excluding hydrogens is 384 g/mol. The molecular formula is C23H30N2O5. The summed E-state index contributed by atoms with van der Waals surface area (Å²) in [4.78, 5) is 27.7. The Bertz CT molecular complexity index is 848. The van der Waals surface area contributed by atoms with Crippen molar-refractivity contribution in [1.82, 2.24) is 10.2 Å². The molecule has 2 aliphatic carbocycles. The summed E-state index contributed by atoms with van der Waals surface area (Å²) in [6, 6.07) is 6.85. The normalized spacial score (nSPS) is 27.0. The van der Waals surface area contributed by atoms with Gasteiger partial charge in [0.15, 0.2) is 0 Å². The van der Waals surface area contributed by atoms with Crippen LogP contribution in [0.2, 0.25) is 0 Å². The number of fused-ring (bicyclic) bond motifs is 3. The standard InChI is InChI=1S/C23H30N2O5/c1-13(2)23(29)25(12-14-7-8-14)17-11-16(22(28)24-9-10-26)19-15-5-3-4-6-18(15)30-21(19)20(17)27/h3-6,11,13-14,17,19-21,26-27H,7-10,12H2,1-2H3,(H,24,28)/t17-,19+,20+,21+/m1/s1. The summed E-state index contributed by atoms with van der Waals surface area (Å²) in [6.07, 6.45) is 2.30. The molecule has 3 aliphatic rings. The Kier molecular flexibility index (Phi) is 5.84. The molecule has 0 spiro atoms. The van der Waals surface area contributed by atoms with Crippen molar-refractivity contribution in [2.75, 3.05) is 19.7 Å². The highest BCUT2D eigenvalue weighted by atomic mass is 16.5. The van der Waals surface area contributed by atoms with E-state index in [1.165, 1.54) is 0 Å². The van der Waals surface area contributed by atoms with E-state index in [0.717, 1.165) is 18.4 Å².